The largest absolute Gasteiger partial charge is 0.341 e. The molecular weight excluding hydrogens is 152 g/mol. The summed E-state index contributed by atoms with van der Waals surface area (Å²) >= 11 is 0. The van der Waals surface area contributed by atoms with E-state index in [1.165, 1.54) is 0 Å². The normalized spacial score (nSPS) is 23.7. The first-order valence-corrected chi connectivity index (χ1v) is 4.81. The van der Waals surface area contributed by atoms with Crippen LogP contribution in [-0.4, -0.2) is 36.5 Å². The first-order valence-electron chi connectivity index (χ1n) is 4.81. The number of likely N-dealkylation sites (N-methyl/N-ethyl adjacent to an activating group) is 1. The zero-order valence-corrected chi connectivity index (χ0v) is 7.97. The Bertz CT molecular complexity index is 143. The van der Waals surface area contributed by atoms with Gasteiger partial charge in [-0.2, -0.15) is 0 Å². The third kappa shape index (κ3) is 1.97. The molecule has 1 rings (SSSR count). The lowest BCUT2D eigenvalue weighted by molar-refractivity contribution is -0.129. The molecule has 1 atom stereocenters. The van der Waals surface area contributed by atoms with Crippen molar-refractivity contribution in [2.45, 2.75) is 32.7 Å². The lowest BCUT2D eigenvalue weighted by atomic mass is 10.2. The van der Waals surface area contributed by atoms with E-state index < -0.39 is 0 Å². The maximum Gasteiger partial charge on any atom is 0.239 e. The Balaban J connectivity index is 2.38. The van der Waals surface area contributed by atoms with Crippen LogP contribution in [0.2, 0.25) is 0 Å². The fourth-order valence-electron chi connectivity index (χ4n) is 1.67. The smallest absolute Gasteiger partial charge is 0.239 e. The number of hydrogen-bond donors (Lipinski definition) is 1. The predicted octanol–water partition coefficient (Wildman–Crippen LogP) is 0.607. The summed E-state index contributed by atoms with van der Waals surface area (Å²) in [7, 11) is 0. The van der Waals surface area contributed by atoms with E-state index in [0.29, 0.717) is 5.91 Å². The van der Waals surface area contributed by atoms with Crippen LogP contribution in [0, 0.1) is 0 Å². The van der Waals surface area contributed by atoms with Crippen LogP contribution in [-0.2, 0) is 4.79 Å². The molecule has 0 bridgehead atoms. The van der Waals surface area contributed by atoms with Crippen LogP contribution in [0.5, 0.6) is 0 Å². The Hall–Kier alpha value is -0.570. The summed E-state index contributed by atoms with van der Waals surface area (Å²) in [6.45, 7) is 6.88. The number of nitrogens with zero attached hydrogens (tertiary/aromatic N) is 1. The second-order valence-electron chi connectivity index (χ2n) is 3.22. The highest BCUT2D eigenvalue weighted by Crippen LogP contribution is 2.10. The summed E-state index contributed by atoms with van der Waals surface area (Å²) in [6, 6.07) is 0.0987. The Kier molecular flexibility index (Phi) is 3.53. The van der Waals surface area contributed by atoms with Gasteiger partial charge >= 0.3 is 0 Å². The number of carbonyl (C=O) groups is 1. The van der Waals surface area contributed by atoms with E-state index in [-0.39, 0.29) is 6.04 Å². The lowest BCUT2D eigenvalue weighted by Crippen LogP contribution is -2.38. The van der Waals surface area contributed by atoms with Crippen molar-refractivity contribution in [1.82, 2.24) is 10.2 Å². The van der Waals surface area contributed by atoms with Crippen molar-refractivity contribution in [2.24, 2.45) is 0 Å². The number of rotatable bonds is 4. The zero-order chi connectivity index (χ0) is 8.97. The number of carbonyl (C=O) groups excluding carboxylic acids is 1. The topological polar surface area (TPSA) is 32.3 Å². The molecule has 0 aromatic rings. The second kappa shape index (κ2) is 4.45. The minimum Gasteiger partial charge on any atom is -0.341 e. The molecule has 1 aliphatic heterocycles. The second-order valence-corrected chi connectivity index (χ2v) is 3.22. The highest BCUT2D eigenvalue weighted by atomic mass is 16.2. The van der Waals surface area contributed by atoms with Gasteiger partial charge in [-0.15, -0.1) is 0 Å². The number of nitrogens with one attached hydrogen (secondary N) is 1. The van der Waals surface area contributed by atoms with E-state index in [9.17, 15) is 4.79 Å². The minimum absolute atomic E-state index is 0.0987. The van der Waals surface area contributed by atoms with Crippen LogP contribution in [0.3, 0.4) is 0 Å². The van der Waals surface area contributed by atoms with Gasteiger partial charge in [0.2, 0.25) is 5.91 Å². The van der Waals surface area contributed by atoms with Gasteiger partial charge in [-0.05, 0) is 19.4 Å². The molecule has 3 nitrogen and oxygen atoms in total. The summed E-state index contributed by atoms with van der Waals surface area (Å²) in [4.78, 5) is 13.5. The van der Waals surface area contributed by atoms with Gasteiger partial charge in [0.25, 0.3) is 0 Å². The summed E-state index contributed by atoms with van der Waals surface area (Å²) < 4.78 is 0. The molecule has 1 fully saturated rings. The van der Waals surface area contributed by atoms with Crippen molar-refractivity contribution in [2.75, 3.05) is 19.6 Å². The van der Waals surface area contributed by atoms with Crippen molar-refractivity contribution in [1.29, 1.82) is 0 Å². The zero-order valence-electron chi connectivity index (χ0n) is 7.97. The number of amides is 1. The highest BCUT2D eigenvalue weighted by Gasteiger charge is 2.29. The molecule has 12 heavy (non-hydrogen) atoms. The van der Waals surface area contributed by atoms with Crippen LogP contribution in [0.4, 0.5) is 0 Å². The molecule has 1 heterocycles. The van der Waals surface area contributed by atoms with Crippen molar-refractivity contribution < 1.29 is 4.79 Å². The molecule has 1 unspecified atom stereocenters. The summed E-state index contributed by atoms with van der Waals surface area (Å²) in [5, 5.41) is 3.19. The van der Waals surface area contributed by atoms with Gasteiger partial charge in [0.15, 0.2) is 0 Å². The third-order valence-electron chi connectivity index (χ3n) is 2.24. The van der Waals surface area contributed by atoms with Gasteiger partial charge in [0.1, 0.15) is 0 Å². The first kappa shape index (κ1) is 9.52. The van der Waals surface area contributed by atoms with Crippen LogP contribution in [0.1, 0.15) is 26.7 Å². The quantitative estimate of drug-likeness (QED) is 0.670. The van der Waals surface area contributed by atoms with Crippen LogP contribution < -0.4 is 5.32 Å². The molecule has 1 amide bonds. The monoisotopic (exact) mass is 170 g/mol. The summed E-state index contributed by atoms with van der Waals surface area (Å²) in [6.07, 6.45) is 2.04. The molecule has 70 valence electrons. The van der Waals surface area contributed by atoms with Gasteiger partial charge in [0.05, 0.1) is 6.04 Å². The molecule has 0 radical (unpaired) electrons. The van der Waals surface area contributed by atoms with E-state index in [1.54, 1.807) is 0 Å². The van der Waals surface area contributed by atoms with Crippen molar-refractivity contribution in [3.05, 3.63) is 0 Å². The van der Waals surface area contributed by atoms with Gasteiger partial charge < -0.3 is 10.2 Å². The molecule has 1 saturated heterocycles. The fourth-order valence-corrected chi connectivity index (χ4v) is 1.67. The van der Waals surface area contributed by atoms with Crippen molar-refractivity contribution >= 4 is 5.91 Å². The molecule has 0 aromatic heterocycles. The van der Waals surface area contributed by atoms with E-state index in [4.69, 9.17) is 0 Å². The average molecular weight is 170 g/mol. The van der Waals surface area contributed by atoms with Crippen molar-refractivity contribution in [3.63, 3.8) is 0 Å². The van der Waals surface area contributed by atoms with E-state index in [1.807, 2.05) is 11.8 Å². The SMILES string of the molecule is CCCN1CCC(NCC)C1=O. The fraction of sp³-hybridized carbons (Fsp3) is 0.889. The Morgan fingerprint density at radius 2 is 2.33 bits per heavy atom. The molecule has 0 spiro atoms. The number of likely N-dealkylation sites (tertiary alicyclic amines) is 1. The Labute approximate surface area is 74.1 Å². The predicted molar refractivity (Wildman–Crippen MR) is 49.0 cm³/mol. The van der Waals surface area contributed by atoms with E-state index in [2.05, 4.69) is 12.2 Å². The van der Waals surface area contributed by atoms with E-state index >= 15 is 0 Å². The van der Waals surface area contributed by atoms with E-state index in [0.717, 1.165) is 32.5 Å². The average Bonchev–Trinajstić information content (AvgIpc) is 2.38. The van der Waals surface area contributed by atoms with Crippen LogP contribution >= 0.6 is 0 Å². The van der Waals surface area contributed by atoms with Crippen molar-refractivity contribution in [3.8, 4) is 0 Å². The van der Waals surface area contributed by atoms with Gasteiger partial charge in [-0.1, -0.05) is 13.8 Å². The molecule has 0 saturated carbocycles. The molecule has 0 aliphatic carbocycles. The molecular formula is C9H18N2O. The molecule has 1 N–H and O–H groups in total. The molecule has 3 heteroatoms. The molecule has 1 aliphatic rings. The standard InChI is InChI=1S/C9H18N2O/c1-3-6-11-7-5-8(9(11)12)10-4-2/h8,10H,3-7H2,1-2H3. The Morgan fingerprint density at radius 3 is 2.92 bits per heavy atom. The van der Waals surface area contributed by atoms with Gasteiger partial charge in [-0.3, -0.25) is 4.79 Å². The van der Waals surface area contributed by atoms with Gasteiger partial charge in [0, 0.05) is 13.1 Å². The Morgan fingerprint density at radius 1 is 1.58 bits per heavy atom. The third-order valence-corrected chi connectivity index (χ3v) is 2.24. The molecule has 0 aromatic carbocycles. The maximum atomic E-state index is 11.5. The van der Waals surface area contributed by atoms with Crippen LogP contribution in [0.15, 0.2) is 0 Å². The summed E-state index contributed by atoms with van der Waals surface area (Å²) in [5.74, 6) is 0.290. The highest BCUT2D eigenvalue weighted by molar-refractivity contribution is 5.83. The minimum atomic E-state index is 0.0987. The maximum absolute atomic E-state index is 11.5. The first-order chi connectivity index (χ1) is 5.79. The number of hydrogen-bond acceptors (Lipinski definition) is 2. The summed E-state index contributed by atoms with van der Waals surface area (Å²) in [5.41, 5.74) is 0. The lowest BCUT2D eigenvalue weighted by Gasteiger charge is -2.15. The van der Waals surface area contributed by atoms with Gasteiger partial charge in [-0.25, -0.2) is 0 Å². The van der Waals surface area contributed by atoms with Crippen LogP contribution in [0.25, 0.3) is 0 Å².